The number of benzene rings is 1. The van der Waals surface area contributed by atoms with Crippen LogP contribution in [0.15, 0.2) is 24.3 Å². The number of carbonyl (C=O) groups is 2. The molecule has 2 rings (SSSR count). The predicted molar refractivity (Wildman–Crippen MR) is 93.0 cm³/mol. The van der Waals surface area contributed by atoms with Crippen molar-refractivity contribution in [1.29, 1.82) is 0 Å². The lowest BCUT2D eigenvalue weighted by atomic mass is 10.0. The molecule has 1 aromatic carbocycles. The minimum absolute atomic E-state index is 0.0534. The van der Waals surface area contributed by atoms with Crippen molar-refractivity contribution in [1.82, 2.24) is 9.78 Å². The number of aromatic nitrogens is 2. The number of hydrogen-bond donors (Lipinski definition) is 0. The van der Waals surface area contributed by atoms with Gasteiger partial charge in [0, 0.05) is 0 Å². The minimum atomic E-state index is -0.677. The fourth-order valence-electron chi connectivity index (χ4n) is 2.25. The molecule has 6 nitrogen and oxygen atoms in total. The van der Waals surface area contributed by atoms with Crippen LogP contribution < -0.4 is 0 Å². The van der Waals surface area contributed by atoms with Gasteiger partial charge in [0.25, 0.3) is 0 Å². The third-order valence-corrected chi connectivity index (χ3v) is 4.38. The summed E-state index contributed by atoms with van der Waals surface area (Å²) in [6.07, 6.45) is 0. The van der Waals surface area contributed by atoms with Crippen LogP contribution >= 0.6 is 22.6 Å². The molecule has 0 saturated carbocycles. The van der Waals surface area contributed by atoms with E-state index in [0.717, 1.165) is 11.3 Å². The predicted octanol–water partition coefficient (Wildman–Crippen LogP) is 3.17. The molecule has 0 atom stereocenters. The summed E-state index contributed by atoms with van der Waals surface area (Å²) in [5.41, 5.74) is 1.92. The number of nitrogens with zero attached hydrogens (tertiary/aromatic N) is 2. The van der Waals surface area contributed by atoms with E-state index in [1.165, 1.54) is 14.2 Å². The summed E-state index contributed by atoms with van der Waals surface area (Å²) in [7, 11) is 2.51. The lowest BCUT2D eigenvalue weighted by molar-refractivity contribution is 0.0551. The van der Waals surface area contributed by atoms with Gasteiger partial charge in [0.15, 0.2) is 5.69 Å². The van der Waals surface area contributed by atoms with Crippen LogP contribution in [0.5, 0.6) is 0 Å². The van der Waals surface area contributed by atoms with E-state index in [1.807, 2.05) is 46.9 Å². The van der Waals surface area contributed by atoms with Gasteiger partial charge >= 0.3 is 11.9 Å². The number of para-hydroxylation sites is 1. The van der Waals surface area contributed by atoms with Crippen molar-refractivity contribution in [2.45, 2.75) is 19.8 Å². The van der Waals surface area contributed by atoms with E-state index in [-0.39, 0.29) is 17.2 Å². The summed E-state index contributed by atoms with van der Waals surface area (Å²) in [5, 5.41) is 4.30. The Kier molecular flexibility index (Phi) is 5.40. The Labute approximate surface area is 147 Å². The molecule has 1 heterocycles. The average molecular weight is 428 g/mol. The molecule has 0 N–H and O–H groups in total. The van der Waals surface area contributed by atoms with Gasteiger partial charge in [-0.3, -0.25) is 0 Å². The zero-order chi connectivity index (χ0) is 17.1. The second-order valence-electron chi connectivity index (χ2n) is 5.12. The standard InChI is InChI=1S/C16H17IN2O4/c1-9(2)10-7-5-6-8-11(10)19-14(17)12(15(20)22-3)13(18-19)16(21)23-4/h5-9H,1-4H3. The summed E-state index contributed by atoms with van der Waals surface area (Å²) >= 11 is 1.99. The van der Waals surface area contributed by atoms with Gasteiger partial charge in [-0.05, 0) is 40.1 Å². The van der Waals surface area contributed by atoms with E-state index in [0.29, 0.717) is 3.70 Å². The van der Waals surface area contributed by atoms with Crippen LogP contribution in [0.3, 0.4) is 0 Å². The summed E-state index contributed by atoms with van der Waals surface area (Å²) in [6.45, 7) is 4.13. The number of ether oxygens (including phenoxy) is 2. The van der Waals surface area contributed by atoms with Gasteiger partial charge in [-0.1, -0.05) is 32.0 Å². The summed E-state index contributed by atoms with van der Waals surface area (Å²) in [5.74, 6) is -1.04. The fourth-order valence-corrected chi connectivity index (χ4v) is 3.09. The largest absolute Gasteiger partial charge is 0.465 e. The molecule has 2 aromatic rings. The van der Waals surface area contributed by atoms with Crippen molar-refractivity contribution < 1.29 is 19.1 Å². The molecular formula is C16H17IN2O4. The molecule has 122 valence electrons. The van der Waals surface area contributed by atoms with Crippen LogP contribution in [0, 0.1) is 3.70 Å². The van der Waals surface area contributed by atoms with Gasteiger partial charge in [0.2, 0.25) is 0 Å². The zero-order valence-electron chi connectivity index (χ0n) is 13.3. The van der Waals surface area contributed by atoms with E-state index in [9.17, 15) is 9.59 Å². The number of hydrogen-bond acceptors (Lipinski definition) is 5. The second-order valence-corrected chi connectivity index (χ2v) is 6.14. The van der Waals surface area contributed by atoms with Crippen molar-refractivity contribution in [3.8, 4) is 5.69 Å². The van der Waals surface area contributed by atoms with Crippen molar-refractivity contribution in [3.63, 3.8) is 0 Å². The average Bonchev–Trinajstić information content (AvgIpc) is 2.90. The highest BCUT2D eigenvalue weighted by Gasteiger charge is 2.29. The normalized spacial score (nSPS) is 10.7. The number of halogens is 1. The minimum Gasteiger partial charge on any atom is -0.465 e. The highest BCUT2D eigenvalue weighted by molar-refractivity contribution is 14.1. The molecule has 0 saturated heterocycles. The summed E-state index contributed by atoms with van der Waals surface area (Å²) < 4.78 is 11.6. The molecular weight excluding hydrogens is 411 g/mol. The molecule has 7 heteroatoms. The van der Waals surface area contributed by atoms with Crippen LogP contribution in [-0.2, 0) is 9.47 Å². The molecule has 1 aromatic heterocycles. The molecule has 0 spiro atoms. The molecule has 0 bridgehead atoms. The van der Waals surface area contributed by atoms with Crippen LogP contribution in [0.4, 0.5) is 0 Å². The van der Waals surface area contributed by atoms with Crippen LogP contribution in [0.1, 0.15) is 46.2 Å². The van der Waals surface area contributed by atoms with Crippen molar-refractivity contribution >= 4 is 34.5 Å². The molecule has 0 aliphatic carbocycles. The van der Waals surface area contributed by atoms with Crippen LogP contribution in [0.2, 0.25) is 0 Å². The molecule has 0 fully saturated rings. The molecule has 0 aliphatic heterocycles. The van der Waals surface area contributed by atoms with E-state index >= 15 is 0 Å². The highest BCUT2D eigenvalue weighted by Crippen LogP contribution is 2.27. The number of methoxy groups -OCH3 is 2. The third kappa shape index (κ3) is 3.24. The SMILES string of the molecule is COC(=O)c1nn(-c2ccccc2C(C)C)c(I)c1C(=O)OC. The molecule has 0 aliphatic rings. The van der Waals surface area contributed by atoms with E-state index in [1.54, 1.807) is 4.68 Å². The van der Waals surface area contributed by atoms with E-state index in [4.69, 9.17) is 9.47 Å². The van der Waals surface area contributed by atoms with Crippen molar-refractivity contribution in [2.24, 2.45) is 0 Å². The number of carbonyl (C=O) groups excluding carboxylic acids is 2. The Hall–Kier alpha value is -1.90. The lowest BCUT2D eigenvalue weighted by Gasteiger charge is -2.13. The first-order valence-corrected chi connectivity index (χ1v) is 8.04. The quantitative estimate of drug-likeness (QED) is 0.553. The molecule has 0 radical (unpaired) electrons. The summed E-state index contributed by atoms with van der Waals surface area (Å²) in [4.78, 5) is 24.0. The second kappa shape index (κ2) is 7.12. The Morgan fingerprint density at radius 2 is 1.74 bits per heavy atom. The van der Waals surface area contributed by atoms with Gasteiger partial charge in [-0.25, -0.2) is 14.3 Å². The van der Waals surface area contributed by atoms with E-state index < -0.39 is 11.9 Å². The number of rotatable bonds is 4. The van der Waals surface area contributed by atoms with Gasteiger partial charge in [0.1, 0.15) is 9.26 Å². The maximum absolute atomic E-state index is 12.1. The van der Waals surface area contributed by atoms with Gasteiger partial charge < -0.3 is 9.47 Å². The maximum atomic E-state index is 12.1. The molecule has 23 heavy (non-hydrogen) atoms. The third-order valence-electron chi connectivity index (χ3n) is 3.38. The molecule has 0 amide bonds. The maximum Gasteiger partial charge on any atom is 0.359 e. The first-order valence-electron chi connectivity index (χ1n) is 6.96. The fraction of sp³-hybridized carbons (Fsp3) is 0.312. The Morgan fingerprint density at radius 1 is 1.13 bits per heavy atom. The van der Waals surface area contributed by atoms with Crippen LogP contribution in [0.25, 0.3) is 5.69 Å². The van der Waals surface area contributed by atoms with Gasteiger partial charge in [0.05, 0.1) is 19.9 Å². The number of esters is 2. The van der Waals surface area contributed by atoms with Crippen LogP contribution in [-0.4, -0.2) is 35.9 Å². The highest BCUT2D eigenvalue weighted by atomic mass is 127. The molecule has 0 unspecified atom stereocenters. The first kappa shape index (κ1) is 17.5. The van der Waals surface area contributed by atoms with E-state index in [2.05, 4.69) is 18.9 Å². The Morgan fingerprint density at radius 3 is 2.30 bits per heavy atom. The monoisotopic (exact) mass is 428 g/mol. The van der Waals surface area contributed by atoms with Gasteiger partial charge in [-0.15, -0.1) is 0 Å². The Balaban J connectivity index is 2.73. The van der Waals surface area contributed by atoms with Crippen molar-refractivity contribution in [2.75, 3.05) is 14.2 Å². The zero-order valence-corrected chi connectivity index (χ0v) is 15.4. The topological polar surface area (TPSA) is 70.4 Å². The first-order chi connectivity index (χ1) is 10.9. The van der Waals surface area contributed by atoms with Gasteiger partial charge in [-0.2, -0.15) is 5.10 Å². The lowest BCUT2D eigenvalue weighted by Crippen LogP contribution is -2.11. The van der Waals surface area contributed by atoms with Crippen molar-refractivity contribution in [3.05, 3.63) is 44.8 Å². The summed E-state index contributed by atoms with van der Waals surface area (Å²) in [6, 6.07) is 7.71. The smallest absolute Gasteiger partial charge is 0.359 e. The Bertz CT molecular complexity index is 753.